The van der Waals surface area contributed by atoms with Gasteiger partial charge >= 0.3 is 0 Å². The second-order valence-corrected chi connectivity index (χ2v) is 6.67. The minimum atomic E-state index is -3.19. The molecule has 0 saturated carbocycles. The van der Waals surface area contributed by atoms with Gasteiger partial charge in [0.05, 0.1) is 18.8 Å². The third-order valence-corrected chi connectivity index (χ3v) is 3.28. The van der Waals surface area contributed by atoms with Crippen molar-refractivity contribution < 1.29 is 12.8 Å². The molecule has 0 fully saturated rings. The first-order chi connectivity index (χ1) is 7.70. The third kappa shape index (κ3) is 5.34. The van der Waals surface area contributed by atoms with Crippen LogP contribution in [0.5, 0.6) is 0 Å². The maximum absolute atomic E-state index is 11.2. The summed E-state index contributed by atoms with van der Waals surface area (Å²) in [5.41, 5.74) is 0.520. The van der Waals surface area contributed by atoms with Crippen molar-refractivity contribution in [2.24, 2.45) is 0 Å². The molecule has 1 aromatic rings. The lowest BCUT2D eigenvalue weighted by molar-refractivity contribution is 0.398. The zero-order valence-electron chi connectivity index (χ0n) is 10.6. The lowest BCUT2D eigenvalue weighted by Gasteiger charge is -2.27. The summed E-state index contributed by atoms with van der Waals surface area (Å²) in [5.74, 6) is 0. The third-order valence-electron chi connectivity index (χ3n) is 2.36. The van der Waals surface area contributed by atoms with E-state index >= 15 is 0 Å². The Hall–Kier alpha value is -0.850. The van der Waals surface area contributed by atoms with Crippen molar-refractivity contribution in [2.45, 2.75) is 32.4 Å². The van der Waals surface area contributed by atoms with Gasteiger partial charge in [0.1, 0.15) is 0 Å². The van der Waals surface area contributed by atoms with E-state index in [1.807, 2.05) is 26.8 Å². The highest BCUT2D eigenvalue weighted by Crippen LogP contribution is 2.13. The Morgan fingerprint density at radius 3 is 2.59 bits per heavy atom. The molecule has 0 aliphatic carbocycles. The molecule has 17 heavy (non-hydrogen) atoms. The number of rotatable bonds is 6. The zero-order valence-corrected chi connectivity index (χ0v) is 11.5. The fourth-order valence-corrected chi connectivity index (χ4v) is 2.66. The van der Waals surface area contributed by atoms with Crippen LogP contribution in [0.15, 0.2) is 23.0 Å². The van der Waals surface area contributed by atoms with E-state index in [-0.39, 0.29) is 6.04 Å². The fraction of sp³-hybridized carbons (Fsp3) is 0.636. The number of nitrogens with one attached hydrogen (secondary N) is 2. The molecule has 0 aliphatic rings. The van der Waals surface area contributed by atoms with E-state index in [2.05, 4.69) is 10.0 Å². The molecule has 0 amide bonds. The standard InChI is InChI=1S/C11H20N2O3S/c1-9(10-5-6-16-7-10)12-8-11(2,3)13-17(4,14)15/h5-7,9,12-13H,8H2,1-4H3. The summed E-state index contributed by atoms with van der Waals surface area (Å²) in [7, 11) is -3.19. The highest BCUT2D eigenvalue weighted by atomic mass is 32.2. The average Bonchev–Trinajstić information content (AvgIpc) is 2.63. The fourth-order valence-electron chi connectivity index (χ4n) is 1.59. The minimum Gasteiger partial charge on any atom is -0.472 e. The van der Waals surface area contributed by atoms with Crippen molar-refractivity contribution in [2.75, 3.05) is 12.8 Å². The first kappa shape index (κ1) is 14.2. The van der Waals surface area contributed by atoms with Crippen molar-refractivity contribution in [3.63, 3.8) is 0 Å². The van der Waals surface area contributed by atoms with Crippen LogP contribution in [0, 0.1) is 0 Å². The molecule has 0 bridgehead atoms. The number of hydrogen-bond acceptors (Lipinski definition) is 4. The highest BCUT2D eigenvalue weighted by molar-refractivity contribution is 7.88. The van der Waals surface area contributed by atoms with Gasteiger partial charge in [0.25, 0.3) is 0 Å². The van der Waals surface area contributed by atoms with Gasteiger partial charge in [-0.25, -0.2) is 13.1 Å². The van der Waals surface area contributed by atoms with Gasteiger partial charge in [-0.15, -0.1) is 0 Å². The summed E-state index contributed by atoms with van der Waals surface area (Å²) < 4.78 is 29.9. The van der Waals surface area contributed by atoms with E-state index in [9.17, 15) is 8.42 Å². The average molecular weight is 260 g/mol. The molecule has 1 atom stereocenters. The van der Waals surface area contributed by atoms with E-state index in [1.54, 1.807) is 12.5 Å². The number of sulfonamides is 1. The lowest BCUT2D eigenvalue weighted by Crippen LogP contribution is -2.50. The summed E-state index contributed by atoms with van der Waals surface area (Å²) in [5, 5.41) is 3.26. The van der Waals surface area contributed by atoms with E-state index in [1.165, 1.54) is 0 Å². The molecule has 0 saturated heterocycles. The maximum atomic E-state index is 11.2. The molecule has 0 aromatic carbocycles. The normalized spacial score (nSPS) is 14.8. The number of furan rings is 1. The van der Waals surface area contributed by atoms with Gasteiger partial charge in [0, 0.05) is 23.7 Å². The molecule has 0 spiro atoms. The van der Waals surface area contributed by atoms with Crippen molar-refractivity contribution in [3.05, 3.63) is 24.2 Å². The first-order valence-electron chi connectivity index (χ1n) is 5.44. The van der Waals surface area contributed by atoms with E-state index in [0.717, 1.165) is 11.8 Å². The van der Waals surface area contributed by atoms with Gasteiger partial charge in [0.15, 0.2) is 0 Å². The molecule has 0 radical (unpaired) electrons. The monoisotopic (exact) mass is 260 g/mol. The first-order valence-corrected chi connectivity index (χ1v) is 7.33. The second-order valence-electron chi connectivity index (χ2n) is 4.92. The predicted octanol–water partition coefficient (Wildman–Crippen LogP) is 1.26. The summed E-state index contributed by atoms with van der Waals surface area (Å²) >= 11 is 0. The summed E-state index contributed by atoms with van der Waals surface area (Å²) in [6.07, 6.45) is 4.45. The van der Waals surface area contributed by atoms with Gasteiger partial charge in [-0.3, -0.25) is 0 Å². The van der Waals surface area contributed by atoms with Crippen LogP contribution in [0.4, 0.5) is 0 Å². The van der Waals surface area contributed by atoms with Crippen LogP contribution in [0.25, 0.3) is 0 Å². The van der Waals surface area contributed by atoms with Crippen LogP contribution in [-0.2, 0) is 10.0 Å². The minimum absolute atomic E-state index is 0.120. The van der Waals surface area contributed by atoms with Gasteiger partial charge < -0.3 is 9.73 Å². The van der Waals surface area contributed by atoms with Crippen LogP contribution >= 0.6 is 0 Å². The van der Waals surface area contributed by atoms with Crippen molar-refractivity contribution in [3.8, 4) is 0 Å². The van der Waals surface area contributed by atoms with Crippen LogP contribution < -0.4 is 10.0 Å². The Morgan fingerprint density at radius 2 is 2.12 bits per heavy atom. The molecule has 1 unspecified atom stereocenters. The van der Waals surface area contributed by atoms with E-state index in [4.69, 9.17) is 4.42 Å². The van der Waals surface area contributed by atoms with Crippen LogP contribution in [0.2, 0.25) is 0 Å². The Labute approximate surface area is 103 Å². The Bertz CT molecular complexity index is 437. The summed E-state index contributed by atoms with van der Waals surface area (Å²) in [6, 6.07) is 2.00. The molecular formula is C11H20N2O3S. The highest BCUT2D eigenvalue weighted by Gasteiger charge is 2.22. The number of hydrogen-bond donors (Lipinski definition) is 2. The topological polar surface area (TPSA) is 71.3 Å². The molecule has 98 valence electrons. The molecule has 1 aromatic heterocycles. The van der Waals surface area contributed by atoms with Gasteiger partial charge in [0.2, 0.25) is 10.0 Å². The van der Waals surface area contributed by atoms with Crippen LogP contribution in [-0.4, -0.2) is 26.8 Å². The van der Waals surface area contributed by atoms with Crippen LogP contribution in [0.1, 0.15) is 32.4 Å². The Kier molecular flexibility index (Phi) is 4.35. The Morgan fingerprint density at radius 1 is 1.47 bits per heavy atom. The zero-order chi connectivity index (χ0) is 13.1. The molecular weight excluding hydrogens is 240 g/mol. The van der Waals surface area contributed by atoms with Gasteiger partial charge in [-0.1, -0.05) is 0 Å². The van der Waals surface area contributed by atoms with Crippen LogP contribution in [0.3, 0.4) is 0 Å². The summed E-state index contributed by atoms with van der Waals surface area (Å²) in [6.45, 7) is 6.21. The predicted molar refractivity (Wildman–Crippen MR) is 67.2 cm³/mol. The lowest BCUT2D eigenvalue weighted by atomic mass is 10.1. The van der Waals surface area contributed by atoms with E-state index in [0.29, 0.717) is 6.54 Å². The molecule has 1 heterocycles. The molecule has 5 nitrogen and oxygen atoms in total. The van der Waals surface area contributed by atoms with Crippen molar-refractivity contribution in [1.29, 1.82) is 0 Å². The van der Waals surface area contributed by atoms with Crippen molar-refractivity contribution in [1.82, 2.24) is 10.0 Å². The molecule has 2 N–H and O–H groups in total. The Balaban J connectivity index is 2.50. The van der Waals surface area contributed by atoms with Crippen molar-refractivity contribution >= 4 is 10.0 Å². The quantitative estimate of drug-likeness (QED) is 0.807. The smallest absolute Gasteiger partial charge is 0.209 e. The van der Waals surface area contributed by atoms with E-state index < -0.39 is 15.6 Å². The molecule has 6 heteroatoms. The van der Waals surface area contributed by atoms with Gasteiger partial charge in [-0.2, -0.15) is 0 Å². The maximum Gasteiger partial charge on any atom is 0.209 e. The second kappa shape index (κ2) is 5.20. The SMILES string of the molecule is CC(NCC(C)(C)NS(C)(=O)=O)c1ccoc1. The van der Waals surface area contributed by atoms with Gasteiger partial charge in [-0.05, 0) is 26.8 Å². The largest absolute Gasteiger partial charge is 0.472 e. The molecule has 1 rings (SSSR count). The molecule has 0 aliphatic heterocycles. The summed E-state index contributed by atoms with van der Waals surface area (Å²) in [4.78, 5) is 0.